The summed E-state index contributed by atoms with van der Waals surface area (Å²) < 4.78 is 0. The quantitative estimate of drug-likeness (QED) is 0.731. The van der Waals surface area contributed by atoms with E-state index in [0.29, 0.717) is 5.92 Å². The number of aliphatic hydroxyl groups excluding tert-OH is 1. The van der Waals surface area contributed by atoms with Crippen LogP contribution in [0.2, 0.25) is 0 Å². The van der Waals surface area contributed by atoms with E-state index in [-0.39, 0.29) is 0 Å². The largest absolute Gasteiger partial charge is 0.370 e. The van der Waals surface area contributed by atoms with Crippen molar-refractivity contribution in [3.8, 4) is 0 Å². The first-order chi connectivity index (χ1) is 7.24. The molecule has 1 atom stereocenters. The molecule has 0 aromatic carbocycles. The molecule has 3 heteroatoms. The zero-order valence-electron chi connectivity index (χ0n) is 8.70. The normalized spacial score (nSPS) is 24.1. The van der Waals surface area contributed by atoms with Crippen molar-refractivity contribution in [2.24, 2.45) is 5.92 Å². The van der Waals surface area contributed by atoms with Crippen molar-refractivity contribution in [2.75, 3.05) is 5.32 Å². The molecule has 1 aliphatic heterocycles. The van der Waals surface area contributed by atoms with Crippen LogP contribution < -0.4 is 5.32 Å². The Morgan fingerprint density at radius 2 is 2.27 bits per heavy atom. The second-order valence-electron chi connectivity index (χ2n) is 4.41. The molecule has 2 heterocycles. The van der Waals surface area contributed by atoms with Gasteiger partial charge in [0.2, 0.25) is 0 Å². The zero-order valence-corrected chi connectivity index (χ0v) is 8.70. The molecule has 3 rings (SSSR count). The number of nitrogens with one attached hydrogen (secondary N) is 1. The predicted molar refractivity (Wildman–Crippen MR) is 59.3 cm³/mol. The van der Waals surface area contributed by atoms with Crippen molar-refractivity contribution in [1.82, 2.24) is 4.98 Å². The number of aromatic nitrogens is 1. The minimum Gasteiger partial charge on any atom is -0.370 e. The molecule has 1 aromatic rings. The van der Waals surface area contributed by atoms with E-state index in [1.54, 1.807) is 0 Å². The summed E-state index contributed by atoms with van der Waals surface area (Å²) in [6.45, 7) is 2.00. The van der Waals surface area contributed by atoms with E-state index in [1.165, 1.54) is 12.8 Å². The molecule has 0 radical (unpaired) electrons. The highest BCUT2D eigenvalue weighted by molar-refractivity contribution is 5.71. The molecule has 0 amide bonds. The topological polar surface area (TPSA) is 45.2 Å². The average molecular weight is 202 g/mol. The number of rotatable bonds is 1. The number of aryl methyl sites for hydroxylation is 1. The summed E-state index contributed by atoms with van der Waals surface area (Å²) in [6, 6.07) is 2.02. The van der Waals surface area contributed by atoms with Gasteiger partial charge in [0, 0.05) is 6.20 Å². The summed E-state index contributed by atoms with van der Waals surface area (Å²) in [7, 11) is 0. The number of hydrogen-bond donors (Lipinski definition) is 2. The zero-order chi connectivity index (χ0) is 10.4. The molecular weight excluding hydrogens is 188 g/mol. The minimum atomic E-state index is -0.520. The van der Waals surface area contributed by atoms with Crippen molar-refractivity contribution in [3.63, 3.8) is 0 Å². The van der Waals surface area contributed by atoms with Gasteiger partial charge in [-0.05, 0) is 49.0 Å². The lowest BCUT2D eigenvalue weighted by Gasteiger charge is -2.23. The Hall–Kier alpha value is -1.35. The number of fused-ring (bicyclic) bond motifs is 1. The Balaban J connectivity index is 2.04. The van der Waals surface area contributed by atoms with E-state index in [1.807, 2.05) is 25.3 Å². The van der Waals surface area contributed by atoms with Crippen molar-refractivity contribution in [2.45, 2.75) is 26.0 Å². The standard InChI is InChI=1S/C12H14N2O/c1-7-4-11-10(13-6-7)5-9(8-2-3-8)12(15)14-11/h4-6,8,12,14-15H,2-3H2,1H3. The fraction of sp³-hybridized carbons (Fsp3) is 0.417. The van der Waals surface area contributed by atoms with E-state index in [9.17, 15) is 5.11 Å². The van der Waals surface area contributed by atoms with Crippen LogP contribution in [0, 0.1) is 12.8 Å². The van der Waals surface area contributed by atoms with Crippen molar-refractivity contribution >= 4 is 11.8 Å². The van der Waals surface area contributed by atoms with Gasteiger partial charge in [0.1, 0.15) is 6.23 Å². The summed E-state index contributed by atoms with van der Waals surface area (Å²) >= 11 is 0. The van der Waals surface area contributed by atoms with Crippen molar-refractivity contribution in [1.29, 1.82) is 0 Å². The van der Waals surface area contributed by atoms with Crippen LogP contribution in [-0.2, 0) is 0 Å². The van der Waals surface area contributed by atoms with Gasteiger partial charge in [-0.2, -0.15) is 0 Å². The van der Waals surface area contributed by atoms with Crippen molar-refractivity contribution in [3.05, 3.63) is 29.1 Å². The summed E-state index contributed by atoms with van der Waals surface area (Å²) in [4.78, 5) is 4.36. The molecule has 0 saturated heterocycles. The second kappa shape index (κ2) is 3.07. The number of pyridine rings is 1. The molecule has 15 heavy (non-hydrogen) atoms. The maximum absolute atomic E-state index is 9.91. The molecule has 0 bridgehead atoms. The highest BCUT2D eigenvalue weighted by Gasteiger charge is 2.32. The van der Waals surface area contributed by atoms with Gasteiger partial charge < -0.3 is 10.4 Å². The number of nitrogens with zero attached hydrogens (tertiary/aromatic N) is 1. The van der Waals surface area contributed by atoms with Gasteiger partial charge in [-0.1, -0.05) is 0 Å². The molecule has 0 spiro atoms. The third kappa shape index (κ3) is 1.53. The van der Waals surface area contributed by atoms with E-state index in [4.69, 9.17) is 0 Å². The average Bonchev–Trinajstić information content (AvgIpc) is 3.00. The fourth-order valence-corrected chi connectivity index (χ4v) is 2.04. The Morgan fingerprint density at radius 1 is 1.47 bits per heavy atom. The van der Waals surface area contributed by atoms with E-state index < -0.39 is 6.23 Å². The third-order valence-corrected chi connectivity index (χ3v) is 3.02. The lowest BCUT2D eigenvalue weighted by Crippen LogP contribution is -2.26. The highest BCUT2D eigenvalue weighted by Crippen LogP contribution is 2.41. The lowest BCUT2D eigenvalue weighted by atomic mass is 10.0. The highest BCUT2D eigenvalue weighted by atomic mass is 16.3. The number of anilines is 1. The van der Waals surface area contributed by atoms with E-state index in [0.717, 1.165) is 22.5 Å². The van der Waals surface area contributed by atoms with Gasteiger partial charge in [0.05, 0.1) is 11.4 Å². The van der Waals surface area contributed by atoms with Crippen LogP contribution in [0.5, 0.6) is 0 Å². The van der Waals surface area contributed by atoms with E-state index >= 15 is 0 Å². The molecule has 1 aromatic heterocycles. The molecule has 2 N–H and O–H groups in total. The van der Waals surface area contributed by atoms with Gasteiger partial charge in [-0.15, -0.1) is 0 Å². The minimum absolute atomic E-state index is 0.520. The summed E-state index contributed by atoms with van der Waals surface area (Å²) in [5.41, 5.74) is 4.09. The first kappa shape index (κ1) is 8.92. The van der Waals surface area contributed by atoms with Crippen LogP contribution in [0.1, 0.15) is 24.1 Å². The molecule has 2 aliphatic rings. The van der Waals surface area contributed by atoms with Gasteiger partial charge >= 0.3 is 0 Å². The third-order valence-electron chi connectivity index (χ3n) is 3.02. The Kier molecular flexibility index (Phi) is 1.83. The Labute approximate surface area is 88.8 Å². The predicted octanol–water partition coefficient (Wildman–Crippen LogP) is 1.93. The molecule has 1 saturated carbocycles. The van der Waals surface area contributed by atoms with Gasteiger partial charge in [-0.25, -0.2) is 0 Å². The molecular formula is C12H14N2O. The first-order valence-electron chi connectivity index (χ1n) is 5.37. The van der Waals surface area contributed by atoms with Gasteiger partial charge in [0.25, 0.3) is 0 Å². The maximum atomic E-state index is 9.91. The summed E-state index contributed by atoms with van der Waals surface area (Å²) in [5.74, 6) is 0.573. The lowest BCUT2D eigenvalue weighted by molar-refractivity contribution is 0.233. The summed E-state index contributed by atoms with van der Waals surface area (Å²) in [6.07, 6.45) is 5.78. The van der Waals surface area contributed by atoms with Crippen LogP contribution in [0.3, 0.4) is 0 Å². The SMILES string of the molecule is Cc1cnc2c(c1)NC(O)C(C1CC1)=C2. The van der Waals surface area contributed by atoms with Gasteiger partial charge in [0.15, 0.2) is 0 Å². The van der Waals surface area contributed by atoms with Gasteiger partial charge in [-0.3, -0.25) is 4.98 Å². The van der Waals surface area contributed by atoms with Crippen molar-refractivity contribution < 1.29 is 5.11 Å². The molecule has 3 nitrogen and oxygen atoms in total. The second-order valence-corrected chi connectivity index (χ2v) is 4.41. The summed E-state index contributed by atoms with van der Waals surface area (Å²) in [5, 5.41) is 13.0. The van der Waals surface area contributed by atoms with E-state index in [2.05, 4.69) is 10.3 Å². The first-order valence-corrected chi connectivity index (χ1v) is 5.37. The molecule has 78 valence electrons. The van der Waals surface area contributed by atoms with Crippen LogP contribution in [0.25, 0.3) is 6.08 Å². The van der Waals surface area contributed by atoms with Crippen LogP contribution in [0.15, 0.2) is 17.8 Å². The van der Waals surface area contributed by atoms with Crippen LogP contribution >= 0.6 is 0 Å². The molecule has 1 unspecified atom stereocenters. The number of hydrogen-bond acceptors (Lipinski definition) is 3. The van der Waals surface area contributed by atoms with Crippen LogP contribution in [-0.4, -0.2) is 16.3 Å². The maximum Gasteiger partial charge on any atom is 0.147 e. The molecule has 1 fully saturated rings. The Bertz CT molecular complexity index is 435. The van der Waals surface area contributed by atoms with Crippen LogP contribution in [0.4, 0.5) is 5.69 Å². The monoisotopic (exact) mass is 202 g/mol. The Morgan fingerprint density at radius 3 is 3.00 bits per heavy atom. The number of aliphatic hydroxyl groups is 1. The molecule has 1 aliphatic carbocycles. The fourth-order valence-electron chi connectivity index (χ4n) is 2.04. The smallest absolute Gasteiger partial charge is 0.147 e.